The molecule has 3 aliphatic heterocycles. The summed E-state index contributed by atoms with van der Waals surface area (Å²) in [4.78, 5) is 28.0. The van der Waals surface area contributed by atoms with E-state index in [0.717, 1.165) is 25.3 Å². The lowest BCUT2D eigenvalue weighted by Gasteiger charge is -2.43. The molecule has 8 heteroatoms. The minimum Gasteiger partial charge on any atom is -0.366 e. The van der Waals surface area contributed by atoms with Gasteiger partial charge >= 0.3 is 6.03 Å². The fraction of sp³-hybridized carbons (Fsp3) is 0.600. The molecule has 1 N–H and O–H groups in total. The van der Waals surface area contributed by atoms with E-state index < -0.39 is 11.6 Å². The number of hydrogen-bond donors (Lipinski definition) is 1. The number of likely N-dealkylation sites (tertiary alicyclic amines) is 2. The molecule has 0 radical (unpaired) electrons. The number of halogens is 2. The van der Waals surface area contributed by atoms with Crippen molar-refractivity contribution in [1.29, 1.82) is 0 Å². The number of rotatable bonds is 2. The summed E-state index contributed by atoms with van der Waals surface area (Å²) in [6.07, 6.45) is 2.85. The number of amides is 3. The first kappa shape index (κ1) is 19.1. The molecule has 3 fully saturated rings. The highest BCUT2D eigenvalue weighted by atomic mass is 19.1. The topological polar surface area (TPSA) is 61.9 Å². The standard InChI is InChI=1S/C20H25F2N3O3/c21-15-2-1-14(16(22)10-15)9-13-3-6-24(7-4-13)20(27)25-8-5-18-17(11-25)23-19(26)12-28-18/h1-2,10,13,17-18H,3-9,11-12H2,(H,23,26)/t17-,18-/m1/s1. The van der Waals surface area contributed by atoms with Crippen LogP contribution in [0.5, 0.6) is 0 Å². The number of morpholine rings is 1. The van der Waals surface area contributed by atoms with E-state index >= 15 is 0 Å². The van der Waals surface area contributed by atoms with Gasteiger partial charge in [0.15, 0.2) is 0 Å². The second-order valence-electron chi connectivity index (χ2n) is 7.91. The van der Waals surface area contributed by atoms with Crippen molar-refractivity contribution in [3.63, 3.8) is 0 Å². The van der Waals surface area contributed by atoms with Gasteiger partial charge in [0.1, 0.15) is 18.2 Å². The average Bonchev–Trinajstić information content (AvgIpc) is 2.69. The highest BCUT2D eigenvalue weighted by Crippen LogP contribution is 2.25. The van der Waals surface area contributed by atoms with E-state index in [0.29, 0.717) is 38.2 Å². The van der Waals surface area contributed by atoms with Gasteiger partial charge in [-0.3, -0.25) is 4.79 Å². The van der Waals surface area contributed by atoms with Gasteiger partial charge in [0, 0.05) is 32.2 Å². The molecular weight excluding hydrogens is 368 g/mol. The van der Waals surface area contributed by atoms with Crippen molar-refractivity contribution in [2.24, 2.45) is 5.92 Å². The van der Waals surface area contributed by atoms with E-state index in [1.54, 1.807) is 4.90 Å². The van der Waals surface area contributed by atoms with Gasteiger partial charge in [0.25, 0.3) is 0 Å². The van der Waals surface area contributed by atoms with Crippen molar-refractivity contribution in [2.75, 3.05) is 32.8 Å². The lowest BCUT2D eigenvalue weighted by molar-refractivity contribution is -0.139. The first-order valence-electron chi connectivity index (χ1n) is 9.88. The summed E-state index contributed by atoms with van der Waals surface area (Å²) in [5.74, 6) is -0.923. The molecule has 152 valence electrons. The fourth-order valence-corrected chi connectivity index (χ4v) is 4.40. The molecule has 0 aromatic heterocycles. The predicted molar refractivity (Wildman–Crippen MR) is 97.6 cm³/mol. The third-order valence-electron chi connectivity index (χ3n) is 6.00. The Kier molecular flexibility index (Phi) is 5.48. The molecule has 3 aliphatic rings. The van der Waals surface area contributed by atoms with Crippen LogP contribution in [0.2, 0.25) is 0 Å². The Morgan fingerprint density at radius 1 is 1.14 bits per heavy atom. The number of hydrogen-bond acceptors (Lipinski definition) is 3. The summed E-state index contributed by atoms with van der Waals surface area (Å²) in [6.45, 7) is 2.43. The van der Waals surface area contributed by atoms with Crippen LogP contribution in [0.15, 0.2) is 18.2 Å². The lowest BCUT2D eigenvalue weighted by atomic mass is 9.90. The second-order valence-corrected chi connectivity index (χ2v) is 7.91. The van der Waals surface area contributed by atoms with Crippen molar-refractivity contribution in [3.8, 4) is 0 Å². The van der Waals surface area contributed by atoms with Gasteiger partial charge in [-0.25, -0.2) is 13.6 Å². The molecule has 3 heterocycles. The first-order valence-corrected chi connectivity index (χ1v) is 9.88. The number of nitrogens with zero attached hydrogens (tertiary/aromatic N) is 2. The van der Waals surface area contributed by atoms with Crippen molar-refractivity contribution in [1.82, 2.24) is 15.1 Å². The number of benzene rings is 1. The van der Waals surface area contributed by atoms with Gasteiger partial charge in [0.05, 0.1) is 12.1 Å². The first-order chi connectivity index (χ1) is 13.5. The van der Waals surface area contributed by atoms with Crippen LogP contribution in [-0.2, 0) is 16.0 Å². The molecule has 0 aliphatic carbocycles. The van der Waals surface area contributed by atoms with Crippen molar-refractivity contribution >= 4 is 11.9 Å². The lowest BCUT2D eigenvalue weighted by Crippen LogP contribution is -2.62. The molecule has 3 saturated heterocycles. The Morgan fingerprint density at radius 2 is 1.89 bits per heavy atom. The summed E-state index contributed by atoms with van der Waals surface area (Å²) in [6, 6.07) is 3.56. The number of piperidine rings is 2. The molecule has 0 saturated carbocycles. The molecule has 3 amide bonds. The summed E-state index contributed by atoms with van der Waals surface area (Å²) in [5, 5.41) is 2.91. The zero-order valence-corrected chi connectivity index (χ0v) is 15.7. The van der Waals surface area contributed by atoms with Gasteiger partial charge in [-0.1, -0.05) is 6.07 Å². The van der Waals surface area contributed by atoms with Crippen LogP contribution in [0.1, 0.15) is 24.8 Å². The highest BCUT2D eigenvalue weighted by Gasteiger charge is 2.38. The minimum atomic E-state index is -0.565. The number of carbonyl (C=O) groups excluding carboxylic acids is 2. The molecule has 4 rings (SSSR count). The van der Waals surface area contributed by atoms with Crippen molar-refractivity contribution < 1.29 is 23.1 Å². The summed E-state index contributed by atoms with van der Waals surface area (Å²) >= 11 is 0. The molecule has 1 aromatic rings. The molecule has 2 atom stereocenters. The summed E-state index contributed by atoms with van der Waals surface area (Å²) in [5.41, 5.74) is 0.529. The number of nitrogens with one attached hydrogen (secondary N) is 1. The van der Waals surface area contributed by atoms with Gasteiger partial charge in [0.2, 0.25) is 5.91 Å². The summed E-state index contributed by atoms with van der Waals surface area (Å²) in [7, 11) is 0. The van der Waals surface area contributed by atoms with Crippen LogP contribution in [0, 0.1) is 17.6 Å². The maximum absolute atomic E-state index is 13.9. The maximum atomic E-state index is 13.9. The van der Waals surface area contributed by atoms with E-state index in [9.17, 15) is 18.4 Å². The Morgan fingerprint density at radius 3 is 2.64 bits per heavy atom. The zero-order valence-electron chi connectivity index (χ0n) is 15.7. The number of fused-ring (bicyclic) bond motifs is 1. The maximum Gasteiger partial charge on any atom is 0.320 e. The molecular formula is C20H25F2N3O3. The van der Waals surface area contributed by atoms with Gasteiger partial charge < -0.3 is 19.9 Å². The number of carbonyl (C=O) groups is 2. The van der Waals surface area contributed by atoms with Crippen LogP contribution >= 0.6 is 0 Å². The van der Waals surface area contributed by atoms with Crippen LogP contribution < -0.4 is 5.32 Å². The van der Waals surface area contributed by atoms with E-state index in [1.165, 1.54) is 12.1 Å². The molecule has 6 nitrogen and oxygen atoms in total. The third kappa shape index (κ3) is 4.11. The average molecular weight is 393 g/mol. The van der Waals surface area contributed by atoms with E-state index in [1.807, 2.05) is 4.90 Å². The molecule has 28 heavy (non-hydrogen) atoms. The fourth-order valence-electron chi connectivity index (χ4n) is 4.40. The quantitative estimate of drug-likeness (QED) is 0.835. The Labute approximate surface area is 162 Å². The largest absolute Gasteiger partial charge is 0.366 e. The Hall–Kier alpha value is -2.22. The normalized spacial score (nSPS) is 26.0. The third-order valence-corrected chi connectivity index (χ3v) is 6.00. The van der Waals surface area contributed by atoms with Gasteiger partial charge in [-0.15, -0.1) is 0 Å². The van der Waals surface area contributed by atoms with Gasteiger partial charge in [-0.2, -0.15) is 0 Å². The van der Waals surface area contributed by atoms with E-state index in [4.69, 9.17) is 4.74 Å². The van der Waals surface area contributed by atoms with Crippen LogP contribution in [0.3, 0.4) is 0 Å². The van der Waals surface area contributed by atoms with Crippen LogP contribution in [-0.4, -0.2) is 66.7 Å². The predicted octanol–water partition coefficient (Wildman–Crippen LogP) is 1.93. The SMILES string of the molecule is O=C1CO[C@@H]2CCN(C(=O)N3CCC(Cc4ccc(F)cc4F)CC3)C[C@H]2N1. The van der Waals surface area contributed by atoms with Crippen molar-refractivity contribution in [2.45, 2.75) is 37.8 Å². The smallest absolute Gasteiger partial charge is 0.320 e. The van der Waals surface area contributed by atoms with Crippen molar-refractivity contribution in [3.05, 3.63) is 35.4 Å². The van der Waals surface area contributed by atoms with Crippen LogP contribution in [0.25, 0.3) is 0 Å². The Bertz CT molecular complexity index is 752. The number of urea groups is 1. The second kappa shape index (κ2) is 8.03. The molecule has 0 spiro atoms. The zero-order chi connectivity index (χ0) is 19.7. The number of ether oxygens (including phenoxy) is 1. The van der Waals surface area contributed by atoms with E-state index in [-0.39, 0.29) is 36.6 Å². The Balaban J connectivity index is 1.28. The summed E-state index contributed by atoms with van der Waals surface area (Å²) < 4.78 is 32.5. The van der Waals surface area contributed by atoms with E-state index in [2.05, 4.69) is 5.32 Å². The van der Waals surface area contributed by atoms with Gasteiger partial charge in [-0.05, 0) is 43.2 Å². The highest BCUT2D eigenvalue weighted by molar-refractivity contribution is 5.79. The monoisotopic (exact) mass is 393 g/mol. The molecule has 1 aromatic carbocycles. The minimum absolute atomic E-state index is 0.00955. The van der Waals surface area contributed by atoms with Crippen LogP contribution in [0.4, 0.5) is 13.6 Å². The molecule has 0 unspecified atom stereocenters. The molecule has 0 bridgehead atoms.